The lowest BCUT2D eigenvalue weighted by molar-refractivity contribution is -0.124. The van der Waals surface area contributed by atoms with Crippen LogP contribution < -0.4 is 0 Å². The molecule has 0 saturated heterocycles. The molecule has 0 aromatic rings. The van der Waals surface area contributed by atoms with Gasteiger partial charge in [0.05, 0.1) is 0 Å². The Hall–Kier alpha value is -0.330. The van der Waals surface area contributed by atoms with Gasteiger partial charge in [0.25, 0.3) is 0 Å². The first-order valence-electron chi connectivity index (χ1n) is 6.18. The molecule has 0 aliphatic carbocycles. The van der Waals surface area contributed by atoms with E-state index in [1.165, 1.54) is 0 Å². The topological polar surface area (TPSA) is 17.1 Å². The van der Waals surface area contributed by atoms with Crippen molar-refractivity contribution in [3.63, 3.8) is 0 Å². The summed E-state index contributed by atoms with van der Waals surface area (Å²) in [5, 5.41) is 0. The first-order chi connectivity index (χ1) is 6.65. The molecule has 0 aliphatic rings. The Morgan fingerprint density at radius 2 is 1.57 bits per heavy atom. The molecule has 1 atom stereocenters. The van der Waals surface area contributed by atoms with Crippen molar-refractivity contribution < 1.29 is 4.79 Å². The minimum atomic E-state index is 0.346. The van der Waals surface area contributed by atoms with Crippen LogP contribution in [0.3, 0.4) is 0 Å². The van der Waals surface area contributed by atoms with Crippen LogP contribution in [-0.2, 0) is 4.79 Å². The van der Waals surface area contributed by atoms with E-state index in [0.29, 0.717) is 17.6 Å². The van der Waals surface area contributed by atoms with Crippen LogP contribution in [0.1, 0.15) is 66.2 Å². The zero-order chi connectivity index (χ0) is 11.0. The van der Waals surface area contributed by atoms with Gasteiger partial charge in [-0.1, -0.05) is 47.0 Å². The second-order valence-electron chi connectivity index (χ2n) is 4.46. The molecule has 0 rings (SSSR count). The number of Topliss-reactive ketones (excluding diaryl/α,β-unsaturated/α-hetero) is 1. The van der Waals surface area contributed by atoms with E-state index in [9.17, 15) is 4.79 Å². The molecule has 0 fully saturated rings. The van der Waals surface area contributed by atoms with Crippen molar-refractivity contribution in [3.8, 4) is 0 Å². The highest BCUT2D eigenvalue weighted by Gasteiger charge is 2.17. The van der Waals surface area contributed by atoms with Crippen LogP contribution in [0.4, 0.5) is 0 Å². The molecule has 0 bridgehead atoms. The SMILES string of the molecule is CCCC(CCC)C(=O)CC(C)CC. The maximum Gasteiger partial charge on any atom is 0.136 e. The normalized spacial score (nSPS) is 13.2. The lowest BCUT2D eigenvalue weighted by Gasteiger charge is -2.16. The van der Waals surface area contributed by atoms with E-state index in [2.05, 4.69) is 27.7 Å². The monoisotopic (exact) mass is 198 g/mol. The fourth-order valence-electron chi connectivity index (χ4n) is 1.82. The van der Waals surface area contributed by atoms with E-state index >= 15 is 0 Å². The third kappa shape index (κ3) is 5.41. The highest BCUT2D eigenvalue weighted by molar-refractivity contribution is 5.81. The summed E-state index contributed by atoms with van der Waals surface area (Å²) in [5.74, 6) is 1.42. The highest BCUT2D eigenvalue weighted by Crippen LogP contribution is 2.19. The third-order valence-electron chi connectivity index (χ3n) is 2.98. The van der Waals surface area contributed by atoms with Crippen molar-refractivity contribution in [2.24, 2.45) is 11.8 Å². The molecule has 0 spiro atoms. The molecular weight excluding hydrogens is 172 g/mol. The Balaban J connectivity index is 4.00. The average molecular weight is 198 g/mol. The Labute approximate surface area is 89.3 Å². The number of carbonyl (C=O) groups is 1. The number of carbonyl (C=O) groups excluding carboxylic acids is 1. The van der Waals surface area contributed by atoms with Crippen molar-refractivity contribution in [1.82, 2.24) is 0 Å². The predicted octanol–water partition coefficient (Wildman–Crippen LogP) is 4.21. The summed E-state index contributed by atoms with van der Waals surface area (Å²) < 4.78 is 0. The molecule has 0 aliphatic heterocycles. The molecule has 0 amide bonds. The van der Waals surface area contributed by atoms with Gasteiger partial charge in [-0.2, -0.15) is 0 Å². The highest BCUT2D eigenvalue weighted by atomic mass is 16.1. The smallest absolute Gasteiger partial charge is 0.136 e. The second-order valence-corrected chi connectivity index (χ2v) is 4.46. The fourth-order valence-corrected chi connectivity index (χ4v) is 1.82. The van der Waals surface area contributed by atoms with Gasteiger partial charge in [-0.3, -0.25) is 4.79 Å². The van der Waals surface area contributed by atoms with Crippen LogP contribution in [0, 0.1) is 11.8 Å². The summed E-state index contributed by atoms with van der Waals surface area (Å²) >= 11 is 0. The van der Waals surface area contributed by atoms with Gasteiger partial charge in [0.2, 0.25) is 0 Å². The average Bonchev–Trinajstić information content (AvgIpc) is 2.17. The third-order valence-corrected chi connectivity index (χ3v) is 2.98. The molecule has 1 heteroatoms. The summed E-state index contributed by atoms with van der Waals surface area (Å²) in [6.45, 7) is 8.66. The summed E-state index contributed by atoms with van der Waals surface area (Å²) in [7, 11) is 0. The standard InChI is InChI=1S/C13H26O/c1-5-8-12(9-6-2)13(14)10-11(4)7-3/h11-12H,5-10H2,1-4H3. The maximum atomic E-state index is 11.9. The molecule has 0 saturated carbocycles. The predicted molar refractivity (Wildman–Crippen MR) is 62.4 cm³/mol. The molecule has 0 radical (unpaired) electrons. The van der Waals surface area contributed by atoms with Crippen LogP contribution in [0.15, 0.2) is 0 Å². The van der Waals surface area contributed by atoms with Crippen molar-refractivity contribution in [3.05, 3.63) is 0 Å². The van der Waals surface area contributed by atoms with Crippen LogP contribution >= 0.6 is 0 Å². The largest absolute Gasteiger partial charge is 0.299 e. The molecule has 0 N–H and O–H groups in total. The summed E-state index contributed by atoms with van der Waals surface area (Å²) in [6.07, 6.45) is 6.36. The Bertz CT molecular complexity index is 145. The van der Waals surface area contributed by atoms with Gasteiger partial charge in [0.15, 0.2) is 0 Å². The van der Waals surface area contributed by atoms with Crippen molar-refractivity contribution >= 4 is 5.78 Å². The van der Waals surface area contributed by atoms with E-state index in [4.69, 9.17) is 0 Å². The summed E-state index contributed by atoms with van der Waals surface area (Å²) in [5.41, 5.74) is 0. The van der Waals surface area contributed by atoms with E-state index in [0.717, 1.165) is 38.5 Å². The number of rotatable bonds is 8. The summed E-state index contributed by atoms with van der Waals surface area (Å²) in [4.78, 5) is 11.9. The molecule has 0 aromatic heterocycles. The van der Waals surface area contributed by atoms with Gasteiger partial charge < -0.3 is 0 Å². The number of ketones is 1. The zero-order valence-corrected chi connectivity index (χ0v) is 10.3. The lowest BCUT2D eigenvalue weighted by atomic mass is 9.88. The van der Waals surface area contributed by atoms with E-state index in [1.54, 1.807) is 0 Å². The van der Waals surface area contributed by atoms with Crippen LogP contribution in [-0.4, -0.2) is 5.78 Å². The van der Waals surface area contributed by atoms with Crippen LogP contribution in [0.5, 0.6) is 0 Å². The van der Waals surface area contributed by atoms with E-state index < -0.39 is 0 Å². The fraction of sp³-hybridized carbons (Fsp3) is 0.923. The minimum Gasteiger partial charge on any atom is -0.299 e. The molecular formula is C13H26O. The van der Waals surface area contributed by atoms with Gasteiger partial charge in [0, 0.05) is 12.3 Å². The van der Waals surface area contributed by atoms with Crippen molar-refractivity contribution in [1.29, 1.82) is 0 Å². The Morgan fingerprint density at radius 3 is 1.93 bits per heavy atom. The Kier molecular flexibility index (Phi) is 7.83. The molecule has 1 unspecified atom stereocenters. The van der Waals surface area contributed by atoms with Gasteiger partial charge in [0.1, 0.15) is 5.78 Å². The zero-order valence-electron chi connectivity index (χ0n) is 10.3. The molecule has 14 heavy (non-hydrogen) atoms. The van der Waals surface area contributed by atoms with Crippen molar-refractivity contribution in [2.75, 3.05) is 0 Å². The minimum absolute atomic E-state index is 0.346. The second kappa shape index (κ2) is 8.02. The summed E-state index contributed by atoms with van der Waals surface area (Å²) in [6, 6.07) is 0. The molecule has 84 valence electrons. The molecule has 1 nitrogen and oxygen atoms in total. The van der Waals surface area contributed by atoms with Crippen LogP contribution in [0.2, 0.25) is 0 Å². The van der Waals surface area contributed by atoms with Crippen molar-refractivity contribution in [2.45, 2.75) is 66.2 Å². The van der Waals surface area contributed by atoms with E-state index in [1.807, 2.05) is 0 Å². The first-order valence-corrected chi connectivity index (χ1v) is 6.18. The van der Waals surface area contributed by atoms with Gasteiger partial charge >= 0.3 is 0 Å². The molecule has 0 aromatic carbocycles. The molecule has 0 heterocycles. The lowest BCUT2D eigenvalue weighted by Crippen LogP contribution is -2.16. The van der Waals surface area contributed by atoms with Gasteiger partial charge in [-0.25, -0.2) is 0 Å². The van der Waals surface area contributed by atoms with E-state index in [-0.39, 0.29) is 0 Å². The van der Waals surface area contributed by atoms with Gasteiger partial charge in [-0.05, 0) is 18.8 Å². The number of hydrogen-bond acceptors (Lipinski definition) is 1. The first kappa shape index (κ1) is 13.7. The van der Waals surface area contributed by atoms with Crippen LogP contribution in [0.25, 0.3) is 0 Å². The number of hydrogen-bond donors (Lipinski definition) is 0. The quantitative estimate of drug-likeness (QED) is 0.571. The maximum absolute atomic E-state index is 11.9. The van der Waals surface area contributed by atoms with Gasteiger partial charge in [-0.15, -0.1) is 0 Å². The Morgan fingerprint density at radius 1 is 1.07 bits per heavy atom.